The molecular weight excluding hydrogens is 276 g/mol. The third kappa shape index (κ3) is 6.71. The second-order valence-corrected chi connectivity index (χ2v) is 5.01. The number of urea groups is 1. The van der Waals surface area contributed by atoms with Crippen LogP contribution in [0.1, 0.15) is 5.56 Å². The fraction of sp³-hybridized carbons (Fsp3) is 0.286. The number of rotatable bonds is 7. The van der Waals surface area contributed by atoms with E-state index in [-0.39, 0.29) is 12.5 Å². The highest BCUT2D eigenvalue weighted by atomic mass is 32.2. The first-order valence-electron chi connectivity index (χ1n) is 5.98. The quantitative estimate of drug-likeness (QED) is 0.529. The van der Waals surface area contributed by atoms with Crippen molar-refractivity contribution in [3.63, 3.8) is 0 Å². The van der Waals surface area contributed by atoms with Crippen LogP contribution in [-0.4, -0.2) is 35.2 Å². The molecule has 106 valence electrons. The molecular formula is C14H16N2O3S. The normalized spacial score (nSPS) is 9.55. The van der Waals surface area contributed by atoms with Crippen molar-refractivity contribution < 1.29 is 14.7 Å². The van der Waals surface area contributed by atoms with Gasteiger partial charge in [0.25, 0.3) is 0 Å². The van der Waals surface area contributed by atoms with Crippen molar-refractivity contribution in [3.05, 3.63) is 29.8 Å². The summed E-state index contributed by atoms with van der Waals surface area (Å²) in [5.74, 6) is 3.02. The topological polar surface area (TPSA) is 78.4 Å². The highest BCUT2D eigenvalue weighted by molar-refractivity contribution is 7.99. The molecule has 0 aliphatic carbocycles. The van der Waals surface area contributed by atoms with Crippen LogP contribution in [0.4, 0.5) is 10.5 Å². The lowest BCUT2D eigenvalue weighted by Crippen LogP contribution is -2.30. The predicted octanol–water partition coefficient (Wildman–Crippen LogP) is 1.80. The van der Waals surface area contributed by atoms with Gasteiger partial charge in [-0.05, 0) is 17.7 Å². The van der Waals surface area contributed by atoms with Gasteiger partial charge in [-0.2, -0.15) is 0 Å². The maximum atomic E-state index is 11.5. The standard InChI is InChI=1S/C14H16N2O3S/c1-2-8-20-9-7-15-14(19)16-12-5-3-11(4-6-12)10-13(17)18/h1,3-6H,7-10H2,(H,17,18)(H2,15,16,19). The number of anilines is 1. The summed E-state index contributed by atoms with van der Waals surface area (Å²) in [6, 6.07) is 6.40. The molecule has 0 aromatic heterocycles. The second-order valence-electron chi connectivity index (χ2n) is 3.91. The van der Waals surface area contributed by atoms with Gasteiger partial charge >= 0.3 is 12.0 Å². The molecule has 0 aliphatic heterocycles. The molecule has 0 spiro atoms. The number of amides is 2. The largest absolute Gasteiger partial charge is 0.481 e. The van der Waals surface area contributed by atoms with Gasteiger partial charge in [0, 0.05) is 18.0 Å². The maximum absolute atomic E-state index is 11.5. The van der Waals surface area contributed by atoms with E-state index in [0.29, 0.717) is 23.5 Å². The molecule has 1 rings (SSSR count). The lowest BCUT2D eigenvalue weighted by atomic mass is 10.1. The molecule has 0 atom stereocenters. The Hall–Kier alpha value is -2.13. The van der Waals surface area contributed by atoms with E-state index in [1.54, 1.807) is 36.0 Å². The zero-order valence-electron chi connectivity index (χ0n) is 10.9. The summed E-state index contributed by atoms with van der Waals surface area (Å²) in [5.41, 5.74) is 1.31. The average Bonchev–Trinajstić information content (AvgIpc) is 2.40. The van der Waals surface area contributed by atoms with Crippen molar-refractivity contribution in [2.45, 2.75) is 6.42 Å². The molecule has 0 unspecified atom stereocenters. The lowest BCUT2D eigenvalue weighted by molar-refractivity contribution is -0.136. The molecule has 1 aromatic rings. The third-order valence-electron chi connectivity index (χ3n) is 2.28. The summed E-state index contributed by atoms with van der Waals surface area (Å²) in [7, 11) is 0. The molecule has 0 fully saturated rings. The van der Waals surface area contributed by atoms with Crippen molar-refractivity contribution in [1.29, 1.82) is 0 Å². The van der Waals surface area contributed by atoms with Crippen LogP contribution in [0, 0.1) is 12.3 Å². The highest BCUT2D eigenvalue weighted by Crippen LogP contribution is 2.09. The monoisotopic (exact) mass is 292 g/mol. The molecule has 0 heterocycles. The molecule has 5 nitrogen and oxygen atoms in total. The van der Waals surface area contributed by atoms with Gasteiger partial charge in [0.1, 0.15) is 0 Å². The van der Waals surface area contributed by atoms with Crippen LogP contribution in [0.5, 0.6) is 0 Å². The number of aliphatic carboxylic acids is 1. The van der Waals surface area contributed by atoms with E-state index in [1.165, 1.54) is 0 Å². The molecule has 3 N–H and O–H groups in total. The predicted molar refractivity (Wildman–Crippen MR) is 81.0 cm³/mol. The van der Waals surface area contributed by atoms with Crippen molar-refractivity contribution >= 4 is 29.4 Å². The van der Waals surface area contributed by atoms with Crippen LogP contribution in [-0.2, 0) is 11.2 Å². The smallest absolute Gasteiger partial charge is 0.319 e. The molecule has 6 heteroatoms. The fourth-order valence-electron chi connectivity index (χ4n) is 1.42. The van der Waals surface area contributed by atoms with Gasteiger partial charge < -0.3 is 15.7 Å². The summed E-state index contributed by atoms with van der Waals surface area (Å²) in [6.07, 6.45) is 5.08. The summed E-state index contributed by atoms with van der Waals surface area (Å²) in [6.45, 7) is 0.537. The van der Waals surface area contributed by atoms with E-state index >= 15 is 0 Å². The highest BCUT2D eigenvalue weighted by Gasteiger charge is 2.03. The molecule has 0 radical (unpaired) electrons. The van der Waals surface area contributed by atoms with Crippen molar-refractivity contribution in [2.75, 3.05) is 23.4 Å². The Kier molecular flexibility index (Phi) is 7.07. The number of thioether (sulfide) groups is 1. The average molecular weight is 292 g/mol. The van der Waals surface area contributed by atoms with Gasteiger partial charge in [-0.1, -0.05) is 18.1 Å². The van der Waals surface area contributed by atoms with E-state index in [2.05, 4.69) is 16.6 Å². The number of carbonyl (C=O) groups excluding carboxylic acids is 1. The van der Waals surface area contributed by atoms with Crippen LogP contribution >= 0.6 is 11.8 Å². The Morgan fingerprint density at radius 1 is 1.30 bits per heavy atom. The number of nitrogens with one attached hydrogen (secondary N) is 2. The van der Waals surface area contributed by atoms with E-state index < -0.39 is 5.97 Å². The first-order chi connectivity index (χ1) is 9.61. The van der Waals surface area contributed by atoms with Crippen LogP contribution in [0.2, 0.25) is 0 Å². The van der Waals surface area contributed by atoms with Gasteiger partial charge in [-0.3, -0.25) is 4.79 Å². The van der Waals surface area contributed by atoms with Crippen LogP contribution in [0.15, 0.2) is 24.3 Å². The van der Waals surface area contributed by atoms with Gasteiger partial charge in [-0.25, -0.2) is 4.79 Å². The maximum Gasteiger partial charge on any atom is 0.319 e. The van der Waals surface area contributed by atoms with Gasteiger partial charge in [0.05, 0.1) is 12.2 Å². The number of terminal acetylenes is 1. The van der Waals surface area contributed by atoms with Crippen LogP contribution in [0.25, 0.3) is 0 Å². The number of carbonyl (C=O) groups is 2. The molecule has 1 aromatic carbocycles. The van der Waals surface area contributed by atoms with E-state index in [1.807, 2.05) is 0 Å². The fourth-order valence-corrected chi connectivity index (χ4v) is 1.93. The minimum atomic E-state index is -0.882. The lowest BCUT2D eigenvalue weighted by Gasteiger charge is -2.07. The van der Waals surface area contributed by atoms with E-state index in [9.17, 15) is 9.59 Å². The van der Waals surface area contributed by atoms with Crippen molar-refractivity contribution in [2.24, 2.45) is 0 Å². The minimum Gasteiger partial charge on any atom is -0.481 e. The van der Waals surface area contributed by atoms with Crippen LogP contribution in [0.3, 0.4) is 0 Å². The van der Waals surface area contributed by atoms with E-state index in [4.69, 9.17) is 11.5 Å². The third-order valence-corrected chi connectivity index (χ3v) is 3.15. The Balaban J connectivity index is 2.31. The number of carboxylic acid groups (broad SMARTS) is 1. The van der Waals surface area contributed by atoms with Crippen LogP contribution < -0.4 is 10.6 Å². The summed E-state index contributed by atoms with van der Waals surface area (Å²) in [5, 5.41) is 14.0. The van der Waals surface area contributed by atoms with Gasteiger partial charge in [0.15, 0.2) is 0 Å². The number of benzene rings is 1. The SMILES string of the molecule is C#CCSCCNC(=O)Nc1ccc(CC(=O)O)cc1. The molecule has 0 bridgehead atoms. The van der Waals surface area contributed by atoms with Gasteiger partial charge in [0.2, 0.25) is 0 Å². The zero-order valence-corrected chi connectivity index (χ0v) is 11.7. The number of hydrogen-bond donors (Lipinski definition) is 3. The summed E-state index contributed by atoms with van der Waals surface area (Å²) < 4.78 is 0. The van der Waals surface area contributed by atoms with Crippen molar-refractivity contribution in [3.8, 4) is 12.3 Å². The molecule has 2 amide bonds. The Labute approximate surface area is 122 Å². The van der Waals surface area contributed by atoms with Gasteiger partial charge in [-0.15, -0.1) is 18.2 Å². The zero-order chi connectivity index (χ0) is 14.8. The summed E-state index contributed by atoms with van der Waals surface area (Å²) in [4.78, 5) is 22.1. The molecule has 0 saturated heterocycles. The molecule has 0 aliphatic rings. The summed E-state index contributed by atoms with van der Waals surface area (Å²) >= 11 is 1.57. The Bertz CT molecular complexity index is 494. The molecule has 20 heavy (non-hydrogen) atoms. The van der Waals surface area contributed by atoms with Crippen molar-refractivity contribution in [1.82, 2.24) is 5.32 Å². The van der Waals surface area contributed by atoms with E-state index in [0.717, 1.165) is 5.75 Å². The Morgan fingerprint density at radius 2 is 2.00 bits per heavy atom. The first kappa shape index (κ1) is 15.9. The first-order valence-corrected chi connectivity index (χ1v) is 7.14. The Morgan fingerprint density at radius 3 is 2.60 bits per heavy atom. The number of hydrogen-bond acceptors (Lipinski definition) is 3. The second kappa shape index (κ2) is 8.88. The molecule has 0 saturated carbocycles. The minimum absolute atomic E-state index is 0.0289. The number of carboxylic acids is 1.